The van der Waals surface area contributed by atoms with E-state index in [9.17, 15) is 14.9 Å². The van der Waals surface area contributed by atoms with E-state index in [0.717, 1.165) is 34.4 Å². The number of allylic oxidation sites excluding steroid dienone is 8. The highest BCUT2D eigenvalue weighted by molar-refractivity contribution is 7.13. The minimum absolute atomic E-state index is 0.0153. The molecule has 1 aromatic rings. The Balaban J connectivity index is 1.95. The molecule has 3 aliphatic rings. The Labute approximate surface area is 216 Å². The first-order chi connectivity index (χ1) is 16.9. The van der Waals surface area contributed by atoms with E-state index < -0.39 is 4.92 Å². The quantitative estimate of drug-likeness (QED) is 0.235. The summed E-state index contributed by atoms with van der Waals surface area (Å²) >= 11 is 1.67. The van der Waals surface area contributed by atoms with Crippen LogP contribution >= 0.6 is 11.3 Å². The largest absolute Gasteiger partial charge is 0.292 e. The van der Waals surface area contributed by atoms with E-state index >= 15 is 0 Å². The minimum Gasteiger partial charge on any atom is -0.289 e. The SMILES string of the molecule is CC(C)(C)C1=CC(=C(N=NC2=CCCC=C2[N+](=O)[O-])c2cc3c(s2)CCC=C3)C=C(C(C)(C)C)C1=O. The van der Waals surface area contributed by atoms with Crippen LogP contribution in [0.3, 0.4) is 0 Å². The van der Waals surface area contributed by atoms with Crippen LogP contribution < -0.4 is 0 Å². The van der Waals surface area contributed by atoms with E-state index in [1.165, 1.54) is 10.4 Å². The fraction of sp³-hybridized carbons (Fsp3) is 0.414. The van der Waals surface area contributed by atoms with Gasteiger partial charge in [0.05, 0.1) is 9.80 Å². The Kier molecular flexibility index (Phi) is 6.97. The summed E-state index contributed by atoms with van der Waals surface area (Å²) in [5.74, 6) is 0.0528. The lowest BCUT2D eigenvalue weighted by molar-refractivity contribution is -0.421. The number of nitro groups is 1. The molecule has 0 amide bonds. The number of nitrogens with zero attached hydrogens (tertiary/aromatic N) is 3. The van der Waals surface area contributed by atoms with Crippen LogP contribution in [0.5, 0.6) is 0 Å². The van der Waals surface area contributed by atoms with Gasteiger partial charge < -0.3 is 0 Å². The highest BCUT2D eigenvalue weighted by atomic mass is 32.1. The van der Waals surface area contributed by atoms with Crippen molar-refractivity contribution in [3.05, 3.63) is 90.0 Å². The second-order valence-electron chi connectivity index (χ2n) is 11.4. The molecule has 7 heteroatoms. The molecule has 0 unspecified atom stereocenters. The molecule has 36 heavy (non-hydrogen) atoms. The summed E-state index contributed by atoms with van der Waals surface area (Å²) in [4.78, 5) is 26.9. The molecule has 0 aliphatic heterocycles. The van der Waals surface area contributed by atoms with Crippen molar-refractivity contribution < 1.29 is 9.72 Å². The number of Topliss-reactive ketones (excluding diaryl/α,β-unsaturated/α-hetero) is 1. The first kappa shape index (κ1) is 25.9. The molecule has 188 valence electrons. The molecule has 0 saturated carbocycles. The van der Waals surface area contributed by atoms with Gasteiger partial charge in [0.15, 0.2) is 11.5 Å². The van der Waals surface area contributed by atoms with Crippen LogP contribution in [0.15, 0.2) is 74.8 Å². The van der Waals surface area contributed by atoms with Crippen LogP contribution in [0.2, 0.25) is 0 Å². The van der Waals surface area contributed by atoms with Gasteiger partial charge in [-0.15, -0.1) is 21.6 Å². The molecule has 1 aromatic heterocycles. The summed E-state index contributed by atoms with van der Waals surface area (Å²) in [7, 11) is 0. The maximum absolute atomic E-state index is 13.5. The number of rotatable bonds is 4. The molecule has 0 bridgehead atoms. The number of thiophene rings is 1. The molecule has 0 atom stereocenters. The number of azo groups is 1. The Morgan fingerprint density at radius 2 is 1.64 bits per heavy atom. The highest BCUT2D eigenvalue weighted by Gasteiger charge is 2.35. The summed E-state index contributed by atoms with van der Waals surface area (Å²) in [5.41, 5.74) is 3.59. The molecule has 0 fully saturated rings. The van der Waals surface area contributed by atoms with Gasteiger partial charge in [-0.1, -0.05) is 53.7 Å². The monoisotopic (exact) mass is 503 g/mol. The Hall–Kier alpha value is -3.19. The van der Waals surface area contributed by atoms with Crippen LogP contribution in [0.25, 0.3) is 11.8 Å². The van der Waals surface area contributed by atoms with Gasteiger partial charge in [0.2, 0.25) is 0 Å². The van der Waals surface area contributed by atoms with Crippen molar-refractivity contribution >= 4 is 28.9 Å². The predicted octanol–water partition coefficient (Wildman–Crippen LogP) is 8.24. The second kappa shape index (κ2) is 9.69. The van der Waals surface area contributed by atoms with Crippen molar-refractivity contribution in [3.8, 4) is 0 Å². The zero-order valence-electron chi connectivity index (χ0n) is 21.8. The van der Waals surface area contributed by atoms with E-state index in [1.54, 1.807) is 23.5 Å². The van der Waals surface area contributed by atoms with Gasteiger partial charge >= 0.3 is 0 Å². The van der Waals surface area contributed by atoms with Gasteiger partial charge in [-0.3, -0.25) is 14.9 Å². The van der Waals surface area contributed by atoms with Crippen molar-refractivity contribution in [2.45, 2.75) is 67.2 Å². The Morgan fingerprint density at radius 1 is 1.00 bits per heavy atom. The van der Waals surface area contributed by atoms with Crippen molar-refractivity contribution in [1.82, 2.24) is 0 Å². The van der Waals surface area contributed by atoms with Gasteiger partial charge in [0.25, 0.3) is 5.70 Å². The lowest BCUT2D eigenvalue weighted by atomic mass is 9.71. The highest BCUT2D eigenvalue weighted by Crippen LogP contribution is 2.42. The van der Waals surface area contributed by atoms with E-state index in [0.29, 0.717) is 18.5 Å². The van der Waals surface area contributed by atoms with Crippen molar-refractivity contribution in [2.24, 2.45) is 21.1 Å². The lowest BCUT2D eigenvalue weighted by Gasteiger charge is -2.31. The standard InChI is InChI=1S/C29H33N3O3S/c1-28(2,3)20-15-19(16-21(27(20)33)29(4,5)6)26(25-17-18-11-7-10-14-24(18)36-25)31-30-22-12-8-9-13-23(22)32(34)35/h7,11-13,15-17H,8-10,14H2,1-6H3. The summed E-state index contributed by atoms with van der Waals surface area (Å²) in [6.45, 7) is 12.2. The van der Waals surface area contributed by atoms with E-state index in [4.69, 9.17) is 0 Å². The number of hydrogen-bond acceptors (Lipinski definition) is 6. The molecule has 4 rings (SSSR count). The van der Waals surface area contributed by atoms with Crippen LogP contribution in [-0.4, -0.2) is 10.7 Å². The maximum Gasteiger partial charge on any atom is 0.292 e. The molecular formula is C29H33N3O3S. The fourth-order valence-electron chi connectivity index (χ4n) is 4.46. The van der Waals surface area contributed by atoms with Crippen molar-refractivity contribution in [2.75, 3.05) is 0 Å². The molecule has 0 radical (unpaired) electrons. The lowest BCUT2D eigenvalue weighted by Crippen LogP contribution is -2.28. The van der Waals surface area contributed by atoms with E-state index in [-0.39, 0.29) is 28.0 Å². The van der Waals surface area contributed by atoms with Gasteiger partial charge in [0, 0.05) is 21.6 Å². The molecule has 0 aromatic carbocycles. The van der Waals surface area contributed by atoms with Gasteiger partial charge in [-0.25, -0.2) is 0 Å². The summed E-state index contributed by atoms with van der Waals surface area (Å²) in [6.07, 6.45) is 14.8. The summed E-state index contributed by atoms with van der Waals surface area (Å²) in [6, 6.07) is 2.11. The van der Waals surface area contributed by atoms with Crippen LogP contribution in [-0.2, 0) is 11.2 Å². The zero-order chi connectivity index (χ0) is 26.3. The van der Waals surface area contributed by atoms with Gasteiger partial charge in [0.1, 0.15) is 5.70 Å². The molecular weight excluding hydrogens is 470 g/mol. The number of ketones is 1. The molecule has 3 aliphatic carbocycles. The number of aryl methyl sites for hydroxylation is 1. The first-order valence-corrected chi connectivity index (χ1v) is 13.2. The maximum atomic E-state index is 13.5. The third kappa shape index (κ3) is 5.31. The smallest absolute Gasteiger partial charge is 0.289 e. The summed E-state index contributed by atoms with van der Waals surface area (Å²) < 4.78 is 0. The topological polar surface area (TPSA) is 84.9 Å². The number of hydrogen-bond donors (Lipinski definition) is 0. The second-order valence-corrected chi connectivity index (χ2v) is 12.5. The predicted molar refractivity (Wildman–Crippen MR) is 146 cm³/mol. The van der Waals surface area contributed by atoms with Crippen LogP contribution in [0.4, 0.5) is 0 Å². The Bertz CT molecular complexity index is 1300. The first-order valence-electron chi connectivity index (χ1n) is 12.4. The molecule has 0 N–H and O–H groups in total. The number of carbonyl (C=O) groups is 1. The average Bonchev–Trinajstić information content (AvgIpc) is 3.22. The molecule has 1 heterocycles. The molecule has 6 nitrogen and oxygen atoms in total. The van der Waals surface area contributed by atoms with Crippen molar-refractivity contribution in [3.63, 3.8) is 0 Å². The van der Waals surface area contributed by atoms with E-state index in [1.807, 2.05) is 53.7 Å². The molecule has 0 spiro atoms. The van der Waals surface area contributed by atoms with Crippen molar-refractivity contribution in [1.29, 1.82) is 0 Å². The van der Waals surface area contributed by atoms with Crippen LogP contribution in [0.1, 0.15) is 76.1 Å². The zero-order valence-corrected chi connectivity index (χ0v) is 22.7. The van der Waals surface area contributed by atoms with E-state index in [2.05, 4.69) is 28.4 Å². The third-order valence-corrected chi connectivity index (χ3v) is 7.67. The van der Waals surface area contributed by atoms with Crippen LogP contribution in [0, 0.1) is 20.9 Å². The summed E-state index contributed by atoms with van der Waals surface area (Å²) in [5, 5.41) is 20.6. The number of carbonyl (C=O) groups excluding carboxylic acids is 1. The average molecular weight is 504 g/mol. The normalized spacial score (nSPS) is 18.5. The fourth-order valence-corrected chi connectivity index (χ4v) is 5.63. The number of fused-ring (bicyclic) bond motifs is 1. The Morgan fingerprint density at radius 3 is 2.22 bits per heavy atom. The van der Waals surface area contributed by atoms with Gasteiger partial charge in [-0.05, 0) is 72.4 Å². The molecule has 0 saturated heterocycles. The van der Waals surface area contributed by atoms with Gasteiger partial charge in [-0.2, -0.15) is 0 Å². The minimum atomic E-state index is -0.403. The third-order valence-electron chi connectivity index (χ3n) is 6.45.